The quantitative estimate of drug-likeness (QED) is 0.671. The lowest BCUT2D eigenvalue weighted by Gasteiger charge is -2.14. The van der Waals surface area contributed by atoms with Gasteiger partial charge in [-0.2, -0.15) is 0 Å². The first kappa shape index (κ1) is 11.5. The van der Waals surface area contributed by atoms with E-state index in [2.05, 4.69) is 61.3 Å². The first-order valence-corrected chi connectivity index (χ1v) is 6.66. The highest BCUT2D eigenvalue weighted by Crippen LogP contribution is 2.36. The Kier molecular flexibility index (Phi) is 2.92. The monoisotopic (exact) mass is 237 g/mol. The molecule has 0 saturated carbocycles. The minimum Gasteiger partial charge on any atom is -0.302 e. The van der Waals surface area contributed by atoms with Gasteiger partial charge in [-0.1, -0.05) is 43.3 Å². The maximum absolute atomic E-state index is 2.37. The Labute approximate surface area is 109 Å². The smallest absolute Gasteiger partial charge is 0.0230 e. The summed E-state index contributed by atoms with van der Waals surface area (Å²) in [7, 11) is 2.17. The molecule has 92 valence electrons. The van der Waals surface area contributed by atoms with Gasteiger partial charge in [0.15, 0.2) is 0 Å². The molecule has 0 radical (unpaired) electrons. The molecule has 3 rings (SSSR count). The topological polar surface area (TPSA) is 3.24 Å². The van der Waals surface area contributed by atoms with Crippen molar-refractivity contribution in [3.05, 3.63) is 59.2 Å². The second-order valence-electron chi connectivity index (χ2n) is 5.16. The number of fused-ring (bicyclic) bond motifs is 3. The molecular formula is C17H19N. The first-order chi connectivity index (χ1) is 8.78. The molecule has 0 unspecified atom stereocenters. The minimum atomic E-state index is 1.03. The normalized spacial score (nSPS) is 12.6. The molecule has 1 heteroatoms. The zero-order valence-electron chi connectivity index (χ0n) is 11.1. The maximum atomic E-state index is 2.37. The van der Waals surface area contributed by atoms with Crippen molar-refractivity contribution >= 4 is 0 Å². The molecule has 0 spiro atoms. The van der Waals surface area contributed by atoms with E-state index in [1.165, 1.54) is 27.8 Å². The number of nitrogens with zero attached hydrogens (tertiary/aromatic N) is 1. The van der Waals surface area contributed by atoms with Crippen molar-refractivity contribution in [2.45, 2.75) is 19.9 Å². The summed E-state index contributed by atoms with van der Waals surface area (Å²) in [5.41, 5.74) is 7.21. The zero-order chi connectivity index (χ0) is 12.5. The van der Waals surface area contributed by atoms with Gasteiger partial charge >= 0.3 is 0 Å². The lowest BCUT2D eigenvalue weighted by atomic mass is 10.0. The minimum absolute atomic E-state index is 1.03. The third-order valence-electron chi connectivity index (χ3n) is 3.86. The number of hydrogen-bond acceptors (Lipinski definition) is 1. The largest absolute Gasteiger partial charge is 0.302 e. The van der Waals surface area contributed by atoms with Crippen molar-refractivity contribution in [3.8, 4) is 11.1 Å². The fraction of sp³-hybridized carbons (Fsp3) is 0.294. The number of hydrogen-bond donors (Lipinski definition) is 0. The average molecular weight is 237 g/mol. The summed E-state index contributed by atoms with van der Waals surface area (Å²) in [6.07, 6.45) is 1.09. The molecule has 0 aliphatic heterocycles. The summed E-state index contributed by atoms with van der Waals surface area (Å²) in [6.45, 7) is 4.32. The lowest BCUT2D eigenvalue weighted by Crippen LogP contribution is -2.16. The molecule has 0 fully saturated rings. The van der Waals surface area contributed by atoms with Gasteiger partial charge in [0.05, 0.1) is 0 Å². The molecule has 2 aromatic rings. The molecule has 0 bridgehead atoms. The molecule has 0 amide bonds. The maximum Gasteiger partial charge on any atom is 0.0230 e. The molecule has 0 heterocycles. The van der Waals surface area contributed by atoms with Crippen LogP contribution in [0, 0.1) is 0 Å². The summed E-state index contributed by atoms with van der Waals surface area (Å²) in [5, 5.41) is 0. The summed E-state index contributed by atoms with van der Waals surface area (Å²) in [6, 6.07) is 15.7. The van der Waals surface area contributed by atoms with Crippen molar-refractivity contribution in [3.63, 3.8) is 0 Å². The number of rotatable bonds is 3. The third kappa shape index (κ3) is 1.95. The second-order valence-corrected chi connectivity index (χ2v) is 5.16. The molecule has 1 aliphatic carbocycles. The van der Waals surface area contributed by atoms with Crippen molar-refractivity contribution in [2.24, 2.45) is 0 Å². The summed E-state index contributed by atoms with van der Waals surface area (Å²) < 4.78 is 0. The van der Waals surface area contributed by atoms with E-state index in [0.717, 1.165) is 19.5 Å². The Bertz CT molecular complexity index is 572. The van der Waals surface area contributed by atoms with Crippen LogP contribution in [0.4, 0.5) is 0 Å². The molecule has 1 aliphatic rings. The van der Waals surface area contributed by atoms with E-state index in [0.29, 0.717) is 0 Å². The van der Waals surface area contributed by atoms with Crippen molar-refractivity contribution in [1.82, 2.24) is 4.90 Å². The van der Waals surface area contributed by atoms with Gasteiger partial charge in [-0.25, -0.2) is 0 Å². The fourth-order valence-corrected chi connectivity index (χ4v) is 2.69. The molecule has 0 atom stereocenters. The van der Waals surface area contributed by atoms with Crippen molar-refractivity contribution in [1.29, 1.82) is 0 Å². The van der Waals surface area contributed by atoms with E-state index in [1.807, 2.05) is 0 Å². The Morgan fingerprint density at radius 1 is 1.00 bits per heavy atom. The van der Waals surface area contributed by atoms with Gasteiger partial charge in [0.25, 0.3) is 0 Å². The van der Waals surface area contributed by atoms with Crippen molar-refractivity contribution < 1.29 is 0 Å². The summed E-state index contributed by atoms with van der Waals surface area (Å²) in [4.78, 5) is 2.34. The molecular weight excluding hydrogens is 218 g/mol. The van der Waals surface area contributed by atoms with Crippen LogP contribution in [0.2, 0.25) is 0 Å². The van der Waals surface area contributed by atoms with E-state index in [1.54, 1.807) is 0 Å². The second kappa shape index (κ2) is 4.58. The van der Waals surface area contributed by atoms with Crippen LogP contribution in [0.25, 0.3) is 11.1 Å². The van der Waals surface area contributed by atoms with Crippen LogP contribution in [0.1, 0.15) is 23.6 Å². The van der Waals surface area contributed by atoms with Gasteiger partial charge in [0, 0.05) is 6.54 Å². The highest BCUT2D eigenvalue weighted by Gasteiger charge is 2.17. The fourth-order valence-electron chi connectivity index (χ4n) is 2.69. The van der Waals surface area contributed by atoms with E-state index >= 15 is 0 Å². The van der Waals surface area contributed by atoms with E-state index in [-0.39, 0.29) is 0 Å². The van der Waals surface area contributed by atoms with Gasteiger partial charge < -0.3 is 4.90 Å². The van der Waals surface area contributed by atoms with Crippen LogP contribution in [0.3, 0.4) is 0 Å². The molecule has 1 nitrogen and oxygen atoms in total. The van der Waals surface area contributed by atoms with Gasteiger partial charge in [-0.05, 0) is 53.9 Å². The highest BCUT2D eigenvalue weighted by molar-refractivity contribution is 5.77. The standard InChI is InChI=1S/C17H19N/c1-3-18(2)12-13-8-9-15-11-14-6-4-5-7-16(14)17(15)10-13/h4-10H,3,11-12H2,1-2H3. The lowest BCUT2D eigenvalue weighted by molar-refractivity contribution is 0.346. The van der Waals surface area contributed by atoms with E-state index in [4.69, 9.17) is 0 Å². The SMILES string of the molecule is CCN(C)Cc1ccc2c(c1)-c1ccccc1C2. The van der Waals surface area contributed by atoms with Gasteiger partial charge in [0.2, 0.25) is 0 Å². The van der Waals surface area contributed by atoms with Gasteiger partial charge in [0.1, 0.15) is 0 Å². The summed E-state index contributed by atoms with van der Waals surface area (Å²) in [5.74, 6) is 0. The van der Waals surface area contributed by atoms with E-state index < -0.39 is 0 Å². The average Bonchev–Trinajstić information content (AvgIpc) is 2.77. The molecule has 0 aromatic heterocycles. The Balaban J connectivity index is 1.98. The predicted molar refractivity (Wildman–Crippen MR) is 76.7 cm³/mol. The molecule has 18 heavy (non-hydrogen) atoms. The Morgan fingerprint density at radius 2 is 1.78 bits per heavy atom. The van der Waals surface area contributed by atoms with Crippen LogP contribution in [0.15, 0.2) is 42.5 Å². The van der Waals surface area contributed by atoms with Crippen LogP contribution in [0.5, 0.6) is 0 Å². The first-order valence-electron chi connectivity index (χ1n) is 6.66. The van der Waals surface area contributed by atoms with Crippen LogP contribution in [-0.4, -0.2) is 18.5 Å². The summed E-state index contributed by atoms with van der Waals surface area (Å²) >= 11 is 0. The highest BCUT2D eigenvalue weighted by atomic mass is 15.1. The number of benzene rings is 2. The van der Waals surface area contributed by atoms with Gasteiger partial charge in [-0.3, -0.25) is 0 Å². The Hall–Kier alpha value is -1.60. The van der Waals surface area contributed by atoms with Crippen LogP contribution < -0.4 is 0 Å². The molecule has 0 N–H and O–H groups in total. The zero-order valence-corrected chi connectivity index (χ0v) is 11.1. The van der Waals surface area contributed by atoms with Crippen LogP contribution >= 0.6 is 0 Å². The molecule has 0 saturated heterocycles. The molecule has 2 aromatic carbocycles. The Morgan fingerprint density at radius 3 is 2.61 bits per heavy atom. The van der Waals surface area contributed by atoms with Crippen LogP contribution in [-0.2, 0) is 13.0 Å². The van der Waals surface area contributed by atoms with Gasteiger partial charge in [-0.15, -0.1) is 0 Å². The van der Waals surface area contributed by atoms with E-state index in [9.17, 15) is 0 Å². The van der Waals surface area contributed by atoms with Crippen molar-refractivity contribution in [2.75, 3.05) is 13.6 Å². The predicted octanol–water partition coefficient (Wildman–Crippen LogP) is 3.71. The third-order valence-corrected chi connectivity index (χ3v) is 3.86.